The van der Waals surface area contributed by atoms with E-state index in [0.29, 0.717) is 18.3 Å². The first-order valence-corrected chi connectivity index (χ1v) is 3.19. The maximum atomic E-state index is 5.27. The van der Waals surface area contributed by atoms with Crippen LogP contribution in [-0.4, -0.2) is 24.9 Å². The first-order chi connectivity index (χ1) is 3.92. The predicted octanol–water partition coefficient (Wildman–Crippen LogP) is 0.563. The molecule has 2 saturated heterocycles. The molecule has 0 amide bonds. The standard InChI is InChI=1S/C6H10O2/c1-2-4-6(8-4)5-3-7-5/h4-6H,2-3H2,1H3. The number of hydrogen-bond donors (Lipinski definition) is 0. The van der Waals surface area contributed by atoms with Crippen LogP contribution in [-0.2, 0) is 9.47 Å². The molecule has 3 unspecified atom stereocenters. The normalized spacial score (nSPS) is 51.4. The van der Waals surface area contributed by atoms with E-state index in [-0.39, 0.29) is 0 Å². The van der Waals surface area contributed by atoms with Gasteiger partial charge in [-0.1, -0.05) is 6.92 Å². The monoisotopic (exact) mass is 114 g/mol. The Balaban J connectivity index is 1.79. The van der Waals surface area contributed by atoms with Gasteiger partial charge < -0.3 is 9.47 Å². The zero-order chi connectivity index (χ0) is 5.56. The highest BCUT2D eigenvalue weighted by Crippen LogP contribution is 2.34. The molecule has 2 rings (SSSR count). The van der Waals surface area contributed by atoms with E-state index in [2.05, 4.69) is 6.92 Å². The Hall–Kier alpha value is -0.0800. The predicted molar refractivity (Wildman–Crippen MR) is 28.7 cm³/mol. The summed E-state index contributed by atoms with van der Waals surface area (Å²) in [5.41, 5.74) is 0. The molecule has 2 aliphatic heterocycles. The summed E-state index contributed by atoms with van der Waals surface area (Å²) in [5.74, 6) is 0. The minimum atomic E-state index is 0.472. The van der Waals surface area contributed by atoms with Crippen LogP contribution in [0, 0.1) is 0 Å². The van der Waals surface area contributed by atoms with Crippen molar-refractivity contribution >= 4 is 0 Å². The Morgan fingerprint density at radius 3 is 2.75 bits per heavy atom. The number of ether oxygens (including phenoxy) is 2. The Labute approximate surface area is 48.8 Å². The summed E-state index contributed by atoms with van der Waals surface area (Å²) in [6.45, 7) is 3.08. The lowest BCUT2D eigenvalue weighted by atomic mass is 10.2. The molecule has 2 nitrogen and oxygen atoms in total. The molecule has 8 heavy (non-hydrogen) atoms. The van der Waals surface area contributed by atoms with Crippen molar-refractivity contribution in [2.24, 2.45) is 0 Å². The quantitative estimate of drug-likeness (QED) is 0.490. The first kappa shape index (κ1) is 4.77. The Morgan fingerprint density at radius 2 is 2.38 bits per heavy atom. The van der Waals surface area contributed by atoms with E-state index in [4.69, 9.17) is 9.47 Å². The minimum absolute atomic E-state index is 0.472. The summed E-state index contributed by atoms with van der Waals surface area (Å²) in [4.78, 5) is 0. The summed E-state index contributed by atoms with van der Waals surface area (Å²) in [5, 5.41) is 0. The van der Waals surface area contributed by atoms with Gasteiger partial charge in [0.25, 0.3) is 0 Å². The fourth-order valence-corrected chi connectivity index (χ4v) is 1.06. The molecule has 2 heterocycles. The maximum Gasteiger partial charge on any atom is 0.112 e. The summed E-state index contributed by atoms with van der Waals surface area (Å²) in [7, 11) is 0. The number of epoxide rings is 2. The SMILES string of the molecule is CCC1OC1C1CO1. The van der Waals surface area contributed by atoms with Crippen molar-refractivity contribution in [1.29, 1.82) is 0 Å². The van der Waals surface area contributed by atoms with Crippen molar-refractivity contribution in [2.75, 3.05) is 6.61 Å². The lowest BCUT2D eigenvalue weighted by Gasteiger charge is -1.78. The van der Waals surface area contributed by atoms with Gasteiger partial charge in [0.1, 0.15) is 12.2 Å². The molecule has 0 aromatic carbocycles. The van der Waals surface area contributed by atoms with Crippen molar-refractivity contribution in [1.82, 2.24) is 0 Å². The second-order valence-electron chi connectivity index (χ2n) is 2.42. The van der Waals surface area contributed by atoms with Crippen LogP contribution in [0.5, 0.6) is 0 Å². The van der Waals surface area contributed by atoms with Gasteiger partial charge in [0.05, 0.1) is 12.7 Å². The second kappa shape index (κ2) is 1.45. The smallest absolute Gasteiger partial charge is 0.112 e. The van der Waals surface area contributed by atoms with Crippen LogP contribution in [0.4, 0.5) is 0 Å². The van der Waals surface area contributed by atoms with Crippen LogP contribution >= 0.6 is 0 Å². The maximum absolute atomic E-state index is 5.27. The van der Waals surface area contributed by atoms with Crippen LogP contribution < -0.4 is 0 Å². The third-order valence-electron chi connectivity index (χ3n) is 1.75. The van der Waals surface area contributed by atoms with Gasteiger partial charge in [-0.25, -0.2) is 0 Å². The van der Waals surface area contributed by atoms with Gasteiger partial charge in [0.15, 0.2) is 0 Å². The molecular formula is C6H10O2. The van der Waals surface area contributed by atoms with E-state index in [9.17, 15) is 0 Å². The van der Waals surface area contributed by atoms with E-state index in [1.54, 1.807) is 0 Å². The molecule has 0 spiro atoms. The first-order valence-electron chi connectivity index (χ1n) is 3.19. The molecule has 0 N–H and O–H groups in total. The Bertz CT molecular complexity index is 98.7. The Kier molecular flexibility index (Phi) is 0.866. The van der Waals surface area contributed by atoms with Gasteiger partial charge in [-0.3, -0.25) is 0 Å². The van der Waals surface area contributed by atoms with Gasteiger partial charge in [-0.2, -0.15) is 0 Å². The molecule has 3 atom stereocenters. The van der Waals surface area contributed by atoms with Gasteiger partial charge in [0.2, 0.25) is 0 Å². The minimum Gasteiger partial charge on any atom is -0.370 e. The van der Waals surface area contributed by atoms with Crippen molar-refractivity contribution < 1.29 is 9.47 Å². The summed E-state index contributed by atoms with van der Waals surface area (Å²) < 4.78 is 10.3. The lowest BCUT2D eigenvalue weighted by molar-refractivity contribution is 0.314. The highest BCUT2D eigenvalue weighted by Gasteiger charge is 2.49. The van der Waals surface area contributed by atoms with Crippen molar-refractivity contribution in [3.8, 4) is 0 Å². The molecule has 0 bridgehead atoms. The summed E-state index contributed by atoms with van der Waals surface area (Å²) in [6, 6.07) is 0. The van der Waals surface area contributed by atoms with Crippen molar-refractivity contribution in [3.63, 3.8) is 0 Å². The van der Waals surface area contributed by atoms with Crippen molar-refractivity contribution in [3.05, 3.63) is 0 Å². The highest BCUT2D eigenvalue weighted by molar-refractivity contribution is 4.95. The number of rotatable bonds is 2. The molecule has 0 radical (unpaired) electrons. The Morgan fingerprint density at radius 1 is 1.62 bits per heavy atom. The van der Waals surface area contributed by atoms with Gasteiger partial charge >= 0.3 is 0 Å². The van der Waals surface area contributed by atoms with Gasteiger partial charge in [-0.15, -0.1) is 0 Å². The van der Waals surface area contributed by atoms with E-state index in [0.717, 1.165) is 13.0 Å². The molecule has 0 aromatic heterocycles. The summed E-state index contributed by atoms with van der Waals surface area (Å²) in [6.07, 6.45) is 2.62. The number of hydrogen-bond acceptors (Lipinski definition) is 2. The largest absolute Gasteiger partial charge is 0.370 e. The fraction of sp³-hybridized carbons (Fsp3) is 1.00. The van der Waals surface area contributed by atoms with Crippen molar-refractivity contribution in [2.45, 2.75) is 31.7 Å². The molecule has 46 valence electrons. The molecular weight excluding hydrogens is 104 g/mol. The van der Waals surface area contributed by atoms with Crippen LogP contribution in [0.25, 0.3) is 0 Å². The second-order valence-corrected chi connectivity index (χ2v) is 2.42. The third kappa shape index (κ3) is 0.644. The zero-order valence-electron chi connectivity index (χ0n) is 4.96. The van der Waals surface area contributed by atoms with E-state index in [1.165, 1.54) is 0 Å². The lowest BCUT2D eigenvalue weighted by Crippen LogP contribution is -1.99. The molecule has 2 fully saturated rings. The van der Waals surface area contributed by atoms with Crippen LogP contribution in [0.15, 0.2) is 0 Å². The van der Waals surface area contributed by atoms with Gasteiger partial charge in [-0.05, 0) is 6.42 Å². The van der Waals surface area contributed by atoms with E-state index < -0.39 is 0 Å². The average molecular weight is 114 g/mol. The van der Waals surface area contributed by atoms with E-state index in [1.807, 2.05) is 0 Å². The summed E-state index contributed by atoms with van der Waals surface area (Å²) >= 11 is 0. The zero-order valence-corrected chi connectivity index (χ0v) is 4.96. The topological polar surface area (TPSA) is 25.1 Å². The molecule has 0 aromatic rings. The van der Waals surface area contributed by atoms with E-state index >= 15 is 0 Å². The highest BCUT2D eigenvalue weighted by atomic mass is 16.7. The molecule has 2 aliphatic rings. The van der Waals surface area contributed by atoms with Crippen LogP contribution in [0.1, 0.15) is 13.3 Å². The van der Waals surface area contributed by atoms with Gasteiger partial charge in [0, 0.05) is 0 Å². The molecule has 2 heteroatoms. The fourth-order valence-electron chi connectivity index (χ4n) is 1.06. The molecule has 0 saturated carbocycles. The van der Waals surface area contributed by atoms with Crippen LogP contribution in [0.3, 0.4) is 0 Å². The molecule has 0 aliphatic carbocycles. The van der Waals surface area contributed by atoms with Crippen LogP contribution in [0.2, 0.25) is 0 Å². The average Bonchev–Trinajstić information content (AvgIpc) is 2.62. The third-order valence-corrected chi connectivity index (χ3v) is 1.75.